The summed E-state index contributed by atoms with van der Waals surface area (Å²) in [5.74, 6) is 1.66. The van der Waals surface area contributed by atoms with Gasteiger partial charge in [-0.3, -0.25) is 0 Å². The van der Waals surface area contributed by atoms with E-state index in [0.717, 1.165) is 16.9 Å². The second-order valence-electron chi connectivity index (χ2n) is 6.51. The van der Waals surface area contributed by atoms with Crippen molar-refractivity contribution in [3.8, 4) is 11.5 Å². The third kappa shape index (κ3) is 7.46. The fraction of sp³-hybridized carbons (Fsp3) is 0.167. The van der Waals surface area contributed by atoms with Gasteiger partial charge in [0, 0.05) is 5.75 Å². The second-order valence-corrected chi connectivity index (χ2v) is 7.51. The molecule has 0 aromatic heterocycles. The normalized spacial score (nSPS) is 11.6. The Balaban J connectivity index is 1.60. The third-order valence-corrected chi connectivity index (χ3v) is 5.02. The topological polar surface area (TPSA) is 69.2 Å². The first kappa shape index (κ1) is 22.4. The zero-order valence-corrected chi connectivity index (χ0v) is 18.0. The summed E-state index contributed by atoms with van der Waals surface area (Å²) in [6.45, 7) is 2.71. The Morgan fingerprint density at radius 1 is 0.968 bits per heavy atom. The third-order valence-electron chi connectivity index (χ3n) is 4.17. The van der Waals surface area contributed by atoms with Gasteiger partial charge in [-0.15, -0.1) is 5.10 Å². The lowest BCUT2D eigenvalue weighted by molar-refractivity contribution is 0.269. The Bertz CT molecular complexity index is 1020. The molecule has 0 radical (unpaired) electrons. The molecule has 5 nitrogen and oxygen atoms in total. The van der Waals surface area contributed by atoms with Crippen LogP contribution >= 0.6 is 11.8 Å². The lowest BCUT2D eigenvalue weighted by Crippen LogP contribution is -2.06. The molecule has 0 saturated heterocycles. The first-order chi connectivity index (χ1) is 15.1. The highest BCUT2D eigenvalue weighted by molar-refractivity contribution is 8.13. The number of benzene rings is 3. The van der Waals surface area contributed by atoms with E-state index in [4.69, 9.17) is 15.2 Å². The van der Waals surface area contributed by atoms with E-state index in [9.17, 15) is 4.39 Å². The van der Waals surface area contributed by atoms with Crippen molar-refractivity contribution in [2.75, 3.05) is 6.61 Å². The average molecular weight is 438 g/mol. The first-order valence-corrected chi connectivity index (χ1v) is 10.8. The summed E-state index contributed by atoms with van der Waals surface area (Å²) in [6, 6.07) is 21.7. The van der Waals surface area contributed by atoms with Crippen LogP contribution in [0.1, 0.15) is 23.6 Å². The molecular formula is C24H24FN3O2S. The van der Waals surface area contributed by atoms with Crippen molar-refractivity contribution in [3.05, 3.63) is 95.3 Å². The molecule has 3 aromatic rings. The van der Waals surface area contributed by atoms with Crippen LogP contribution in [0.3, 0.4) is 0 Å². The Morgan fingerprint density at radius 2 is 1.74 bits per heavy atom. The van der Waals surface area contributed by atoms with Crippen LogP contribution < -0.4 is 15.2 Å². The Kier molecular flexibility index (Phi) is 8.48. The van der Waals surface area contributed by atoms with Gasteiger partial charge >= 0.3 is 0 Å². The summed E-state index contributed by atoms with van der Waals surface area (Å²) in [7, 11) is 0. The zero-order valence-electron chi connectivity index (χ0n) is 17.2. The average Bonchev–Trinajstić information content (AvgIpc) is 2.79. The number of rotatable bonds is 9. The molecule has 0 spiro atoms. The minimum Gasteiger partial charge on any atom is -0.490 e. The molecule has 0 unspecified atom stereocenters. The van der Waals surface area contributed by atoms with Crippen molar-refractivity contribution >= 4 is 23.1 Å². The van der Waals surface area contributed by atoms with E-state index in [0.29, 0.717) is 29.9 Å². The molecular weight excluding hydrogens is 413 g/mol. The molecule has 0 heterocycles. The van der Waals surface area contributed by atoms with Crippen molar-refractivity contribution in [3.63, 3.8) is 0 Å². The summed E-state index contributed by atoms with van der Waals surface area (Å²) in [4.78, 5) is 0. The quantitative estimate of drug-likeness (QED) is 0.277. The van der Waals surface area contributed by atoms with Gasteiger partial charge in [-0.1, -0.05) is 54.2 Å². The molecule has 0 amide bonds. The van der Waals surface area contributed by atoms with Gasteiger partial charge < -0.3 is 15.2 Å². The first-order valence-electron chi connectivity index (χ1n) is 9.81. The maximum atomic E-state index is 13.0. The Hall–Kier alpha value is -3.32. The van der Waals surface area contributed by atoms with E-state index in [1.807, 2.05) is 55.5 Å². The van der Waals surface area contributed by atoms with Gasteiger partial charge in [0.05, 0.1) is 12.8 Å². The van der Waals surface area contributed by atoms with E-state index >= 15 is 0 Å². The summed E-state index contributed by atoms with van der Waals surface area (Å²) >= 11 is 1.43. The number of hydrogen-bond donors (Lipinski definition) is 1. The summed E-state index contributed by atoms with van der Waals surface area (Å²) in [6.07, 6.45) is 1.61. The lowest BCUT2D eigenvalue weighted by atomic mass is 10.2. The van der Waals surface area contributed by atoms with Crippen molar-refractivity contribution < 1.29 is 13.9 Å². The van der Waals surface area contributed by atoms with Crippen LogP contribution in [0.25, 0.3) is 0 Å². The van der Waals surface area contributed by atoms with Gasteiger partial charge in [-0.2, -0.15) is 5.10 Å². The molecule has 2 N–H and O–H groups in total. The summed E-state index contributed by atoms with van der Waals surface area (Å²) in [5, 5.41) is 8.50. The van der Waals surface area contributed by atoms with Gasteiger partial charge in [0.15, 0.2) is 16.7 Å². The van der Waals surface area contributed by atoms with Crippen molar-refractivity contribution in [1.29, 1.82) is 0 Å². The highest BCUT2D eigenvalue weighted by Crippen LogP contribution is 2.29. The van der Waals surface area contributed by atoms with Crippen molar-refractivity contribution in [2.45, 2.75) is 19.3 Å². The van der Waals surface area contributed by atoms with Crippen LogP contribution in [0, 0.1) is 5.82 Å². The largest absolute Gasteiger partial charge is 0.490 e. The van der Waals surface area contributed by atoms with E-state index < -0.39 is 0 Å². The molecule has 0 atom stereocenters. The molecule has 31 heavy (non-hydrogen) atoms. The second kappa shape index (κ2) is 11.8. The smallest absolute Gasteiger partial charge is 0.180 e. The van der Waals surface area contributed by atoms with E-state index in [1.165, 1.54) is 29.5 Å². The van der Waals surface area contributed by atoms with Crippen molar-refractivity contribution in [1.82, 2.24) is 0 Å². The monoisotopic (exact) mass is 437 g/mol. The number of thioether (sulfide) groups is 1. The van der Waals surface area contributed by atoms with E-state index in [2.05, 4.69) is 10.2 Å². The fourth-order valence-electron chi connectivity index (χ4n) is 2.65. The van der Waals surface area contributed by atoms with Gasteiger partial charge in [0.1, 0.15) is 12.4 Å². The molecule has 0 aliphatic rings. The summed E-state index contributed by atoms with van der Waals surface area (Å²) < 4.78 is 24.6. The number of amidine groups is 1. The number of hydrogen-bond acceptors (Lipinski definition) is 5. The minimum atomic E-state index is -0.274. The summed E-state index contributed by atoms with van der Waals surface area (Å²) in [5.41, 5.74) is 8.77. The highest BCUT2D eigenvalue weighted by atomic mass is 32.2. The Labute approximate surface area is 185 Å². The molecule has 3 aromatic carbocycles. The molecule has 3 rings (SSSR count). The number of nitrogens with two attached hydrogens (primary N) is 1. The Morgan fingerprint density at radius 3 is 2.48 bits per heavy atom. The molecule has 0 fully saturated rings. The van der Waals surface area contributed by atoms with Gasteiger partial charge in [-0.25, -0.2) is 4.39 Å². The molecule has 0 aliphatic heterocycles. The lowest BCUT2D eigenvalue weighted by Gasteiger charge is -2.12. The van der Waals surface area contributed by atoms with Crippen LogP contribution in [0.2, 0.25) is 0 Å². The molecule has 7 heteroatoms. The van der Waals surface area contributed by atoms with Crippen LogP contribution in [-0.2, 0) is 12.4 Å². The maximum absolute atomic E-state index is 13.0. The van der Waals surface area contributed by atoms with Crippen LogP contribution in [0.15, 0.2) is 83.0 Å². The zero-order chi connectivity index (χ0) is 21.9. The maximum Gasteiger partial charge on any atom is 0.180 e. The SMILES string of the molecule is CCOc1cc(C=NN=C(N)SCc2ccccc2)ccc1OCc1ccc(F)cc1. The van der Waals surface area contributed by atoms with Crippen molar-refractivity contribution in [2.24, 2.45) is 15.9 Å². The van der Waals surface area contributed by atoms with Crippen LogP contribution in [0.4, 0.5) is 4.39 Å². The van der Waals surface area contributed by atoms with Gasteiger partial charge in [-0.05, 0) is 53.9 Å². The molecule has 0 aliphatic carbocycles. The van der Waals surface area contributed by atoms with E-state index in [1.54, 1.807) is 18.3 Å². The standard InChI is InChI=1S/C24H24FN3O2S/c1-2-29-23-14-20(10-13-22(23)30-16-18-8-11-21(25)12-9-18)15-27-28-24(26)31-17-19-6-4-3-5-7-19/h3-15H,2,16-17H2,1H3,(H2,26,28). The molecule has 0 bridgehead atoms. The highest BCUT2D eigenvalue weighted by Gasteiger charge is 2.07. The number of halogens is 1. The van der Waals surface area contributed by atoms with Gasteiger partial charge in [0.2, 0.25) is 0 Å². The fourth-order valence-corrected chi connectivity index (χ4v) is 3.26. The predicted molar refractivity (Wildman–Crippen MR) is 125 cm³/mol. The van der Waals surface area contributed by atoms with Crippen LogP contribution in [0.5, 0.6) is 11.5 Å². The van der Waals surface area contributed by atoms with E-state index in [-0.39, 0.29) is 5.82 Å². The number of nitrogens with zero attached hydrogens (tertiary/aromatic N) is 2. The minimum absolute atomic E-state index is 0.274. The van der Waals surface area contributed by atoms with Crippen LogP contribution in [-0.4, -0.2) is 18.0 Å². The van der Waals surface area contributed by atoms with Gasteiger partial charge in [0.25, 0.3) is 0 Å². The molecule has 160 valence electrons. The number of ether oxygens (including phenoxy) is 2. The predicted octanol–water partition coefficient (Wildman–Crippen LogP) is 5.39. The molecule has 0 saturated carbocycles.